The van der Waals surface area contributed by atoms with E-state index in [1.54, 1.807) is 4.90 Å². The van der Waals surface area contributed by atoms with Gasteiger partial charge in [-0.25, -0.2) is 0 Å². The second-order valence-electron chi connectivity index (χ2n) is 5.56. The zero-order valence-corrected chi connectivity index (χ0v) is 10.3. The van der Waals surface area contributed by atoms with Crippen LogP contribution in [0.5, 0.6) is 0 Å². The van der Waals surface area contributed by atoms with Gasteiger partial charge in [0.15, 0.2) is 0 Å². The predicted molar refractivity (Wildman–Crippen MR) is 63.8 cm³/mol. The van der Waals surface area contributed by atoms with Gasteiger partial charge in [0.2, 0.25) is 11.8 Å². The van der Waals surface area contributed by atoms with Crippen LogP contribution < -0.4 is 11.5 Å². The molecule has 0 aromatic heterocycles. The van der Waals surface area contributed by atoms with Crippen molar-refractivity contribution in [3.63, 3.8) is 0 Å². The van der Waals surface area contributed by atoms with Crippen LogP contribution in [-0.4, -0.2) is 35.8 Å². The third kappa shape index (κ3) is 2.04. The topological polar surface area (TPSA) is 89.4 Å². The molecule has 0 radical (unpaired) electrons. The van der Waals surface area contributed by atoms with Crippen LogP contribution in [0.4, 0.5) is 0 Å². The first-order valence-corrected chi connectivity index (χ1v) is 6.29. The number of likely N-dealkylation sites (tertiary alicyclic amines) is 1. The lowest BCUT2D eigenvalue weighted by atomic mass is 9.83. The largest absolute Gasteiger partial charge is 0.369 e. The van der Waals surface area contributed by atoms with Crippen molar-refractivity contribution in [3.05, 3.63) is 0 Å². The van der Waals surface area contributed by atoms with Gasteiger partial charge in [0.1, 0.15) is 0 Å². The Morgan fingerprint density at radius 2 is 2.06 bits per heavy atom. The molecule has 0 spiro atoms. The smallest absolute Gasteiger partial charge is 0.230 e. The van der Waals surface area contributed by atoms with Crippen LogP contribution in [0.1, 0.15) is 32.6 Å². The van der Waals surface area contributed by atoms with Gasteiger partial charge in [-0.3, -0.25) is 9.59 Å². The van der Waals surface area contributed by atoms with E-state index in [1.807, 2.05) is 6.92 Å². The summed E-state index contributed by atoms with van der Waals surface area (Å²) in [4.78, 5) is 25.3. The molecule has 1 aliphatic heterocycles. The highest BCUT2D eigenvalue weighted by molar-refractivity contribution is 5.85. The van der Waals surface area contributed by atoms with Gasteiger partial charge in [-0.2, -0.15) is 0 Å². The number of rotatable bonds is 2. The Morgan fingerprint density at radius 1 is 1.35 bits per heavy atom. The highest BCUT2D eigenvalue weighted by Gasteiger charge is 2.46. The molecule has 1 aliphatic carbocycles. The monoisotopic (exact) mass is 239 g/mol. The van der Waals surface area contributed by atoms with Crippen LogP contribution in [-0.2, 0) is 9.59 Å². The second kappa shape index (κ2) is 4.29. The standard InChI is InChI=1S/C12H21N3O2/c1-12(5-2-3-9(12)13)11(17)15-6-4-8(7-15)10(14)16/h8-9H,2-7,13H2,1H3,(H2,14,16). The molecule has 17 heavy (non-hydrogen) atoms. The summed E-state index contributed by atoms with van der Waals surface area (Å²) in [7, 11) is 0. The molecule has 0 bridgehead atoms. The fourth-order valence-corrected chi connectivity index (χ4v) is 3.00. The third-order valence-corrected chi connectivity index (χ3v) is 4.40. The molecule has 5 heteroatoms. The number of carbonyl (C=O) groups is 2. The number of amides is 2. The minimum atomic E-state index is -0.438. The Labute approximate surface area is 102 Å². The molecule has 1 heterocycles. The van der Waals surface area contributed by atoms with E-state index >= 15 is 0 Å². The van der Waals surface area contributed by atoms with Crippen molar-refractivity contribution >= 4 is 11.8 Å². The molecule has 0 aromatic rings. The van der Waals surface area contributed by atoms with Crippen molar-refractivity contribution in [1.29, 1.82) is 0 Å². The van der Waals surface area contributed by atoms with Crippen LogP contribution in [0.3, 0.4) is 0 Å². The first-order chi connectivity index (χ1) is 7.95. The van der Waals surface area contributed by atoms with Crippen molar-refractivity contribution in [2.24, 2.45) is 22.8 Å². The van der Waals surface area contributed by atoms with Crippen molar-refractivity contribution in [1.82, 2.24) is 4.90 Å². The summed E-state index contributed by atoms with van der Waals surface area (Å²) in [6.45, 7) is 3.05. The molecule has 1 saturated carbocycles. The summed E-state index contributed by atoms with van der Waals surface area (Å²) in [6.07, 6.45) is 3.46. The summed E-state index contributed by atoms with van der Waals surface area (Å²) in [5.41, 5.74) is 10.9. The zero-order valence-electron chi connectivity index (χ0n) is 10.3. The molecule has 2 amide bonds. The molecule has 2 rings (SSSR count). The minimum Gasteiger partial charge on any atom is -0.369 e. The molecule has 2 fully saturated rings. The molecule has 3 atom stereocenters. The number of nitrogens with zero attached hydrogens (tertiary/aromatic N) is 1. The van der Waals surface area contributed by atoms with Crippen molar-refractivity contribution in [3.8, 4) is 0 Å². The van der Waals surface area contributed by atoms with Gasteiger partial charge in [0.25, 0.3) is 0 Å². The molecular weight excluding hydrogens is 218 g/mol. The molecule has 0 aromatic carbocycles. The third-order valence-electron chi connectivity index (χ3n) is 4.40. The molecule has 2 aliphatic rings. The number of nitrogens with two attached hydrogens (primary N) is 2. The zero-order chi connectivity index (χ0) is 12.6. The highest BCUT2D eigenvalue weighted by atomic mass is 16.2. The van der Waals surface area contributed by atoms with Gasteiger partial charge < -0.3 is 16.4 Å². The van der Waals surface area contributed by atoms with Crippen molar-refractivity contribution in [2.75, 3.05) is 13.1 Å². The van der Waals surface area contributed by atoms with E-state index in [9.17, 15) is 9.59 Å². The van der Waals surface area contributed by atoms with Crippen LogP contribution in [0.15, 0.2) is 0 Å². The normalized spacial score (nSPS) is 37.4. The molecule has 3 unspecified atom stereocenters. The van der Waals surface area contributed by atoms with Crippen LogP contribution in [0.25, 0.3) is 0 Å². The van der Waals surface area contributed by atoms with Crippen molar-refractivity contribution < 1.29 is 9.59 Å². The lowest BCUT2D eigenvalue weighted by Crippen LogP contribution is -2.48. The summed E-state index contributed by atoms with van der Waals surface area (Å²) in [6, 6.07) is -0.0531. The van der Waals surface area contributed by atoms with Gasteiger partial charge in [-0.1, -0.05) is 6.42 Å². The summed E-state index contributed by atoms with van der Waals surface area (Å²) in [5, 5.41) is 0. The summed E-state index contributed by atoms with van der Waals surface area (Å²) in [5.74, 6) is -0.382. The SMILES string of the molecule is CC1(C(=O)N2CCC(C(N)=O)C2)CCCC1N. The lowest BCUT2D eigenvalue weighted by Gasteiger charge is -2.32. The number of carbonyl (C=O) groups excluding carboxylic acids is 2. The van der Waals surface area contributed by atoms with E-state index in [-0.39, 0.29) is 23.8 Å². The maximum Gasteiger partial charge on any atom is 0.230 e. The summed E-state index contributed by atoms with van der Waals surface area (Å²) >= 11 is 0. The number of hydrogen-bond donors (Lipinski definition) is 2. The van der Waals surface area contributed by atoms with Gasteiger partial charge in [0.05, 0.1) is 11.3 Å². The van der Waals surface area contributed by atoms with Gasteiger partial charge in [-0.15, -0.1) is 0 Å². The van der Waals surface area contributed by atoms with E-state index in [2.05, 4.69) is 0 Å². The quantitative estimate of drug-likeness (QED) is 0.701. The summed E-state index contributed by atoms with van der Waals surface area (Å²) < 4.78 is 0. The average Bonchev–Trinajstić information content (AvgIpc) is 2.87. The Bertz CT molecular complexity index is 345. The van der Waals surface area contributed by atoms with E-state index in [0.29, 0.717) is 19.5 Å². The predicted octanol–water partition coefficient (Wildman–Crippen LogP) is -0.162. The Morgan fingerprint density at radius 3 is 2.53 bits per heavy atom. The molecular formula is C12H21N3O2. The highest BCUT2D eigenvalue weighted by Crippen LogP contribution is 2.39. The van der Waals surface area contributed by atoms with Gasteiger partial charge in [0, 0.05) is 19.1 Å². The molecule has 5 nitrogen and oxygen atoms in total. The van der Waals surface area contributed by atoms with Crippen molar-refractivity contribution in [2.45, 2.75) is 38.6 Å². The average molecular weight is 239 g/mol. The molecule has 1 saturated heterocycles. The van der Waals surface area contributed by atoms with E-state index < -0.39 is 5.41 Å². The Hall–Kier alpha value is -1.10. The van der Waals surface area contributed by atoms with E-state index in [4.69, 9.17) is 11.5 Å². The number of primary amides is 1. The molecule has 4 N–H and O–H groups in total. The van der Waals surface area contributed by atoms with Gasteiger partial charge >= 0.3 is 0 Å². The molecule has 96 valence electrons. The van der Waals surface area contributed by atoms with Crippen LogP contribution >= 0.6 is 0 Å². The Kier molecular flexibility index (Phi) is 3.12. The lowest BCUT2D eigenvalue weighted by molar-refractivity contribution is -0.140. The fourth-order valence-electron chi connectivity index (χ4n) is 3.00. The van der Waals surface area contributed by atoms with E-state index in [0.717, 1.165) is 19.3 Å². The maximum atomic E-state index is 12.4. The van der Waals surface area contributed by atoms with Crippen LogP contribution in [0.2, 0.25) is 0 Å². The first-order valence-electron chi connectivity index (χ1n) is 6.29. The van der Waals surface area contributed by atoms with E-state index in [1.165, 1.54) is 0 Å². The van der Waals surface area contributed by atoms with Crippen LogP contribution in [0, 0.1) is 11.3 Å². The van der Waals surface area contributed by atoms with Gasteiger partial charge in [-0.05, 0) is 26.2 Å². The first kappa shape index (κ1) is 12.4. The fraction of sp³-hybridized carbons (Fsp3) is 0.833. The maximum absolute atomic E-state index is 12.4. The number of hydrogen-bond acceptors (Lipinski definition) is 3. The second-order valence-corrected chi connectivity index (χ2v) is 5.56. The minimum absolute atomic E-state index is 0.0531. The Balaban J connectivity index is 2.04.